The van der Waals surface area contributed by atoms with Gasteiger partial charge in [-0.05, 0) is 0 Å². The molecular weight excluding hydrogens is 188 g/mol. The van der Waals surface area contributed by atoms with Gasteiger partial charge in [0.05, 0.1) is 6.54 Å². The summed E-state index contributed by atoms with van der Waals surface area (Å²) in [6.07, 6.45) is 0. The molecule has 0 aliphatic rings. The Kier molecular flexibility index (Phi) is 10.5. The van der Waals surface area contributed by atoms with Gasteiger partial charge in [0.1, 0.15) is 0 Å². The first kappa shape index (κ1) is 10.8. The molecule has 0 amide bonds. The summed E-state index contributed by atoms with van der Waals surface area (Å²) in [6, 6.07) is 0. The monoisotopic (exact) mass is 193 g/mol. The smallest absolute Gasteiger partial charge is 0.499 e. The molecule has 0 aliphatic carbocycles. The first-order chi connectivity index (χ1) is 2.81. The maximum absolute atomic E-state index is 9.87. The summed E-state index contributed by atoms with van der Waals surface area (Å²) in [5.74, 6) is -0.318. The Balaban J connectivity index is 0. The Morgan fingerprint density at radius 1 is 1.86 bits per heavy atom. The molecule has 0 fully saturated rings. The van der Waals surface area contributed by atoms with E-state index in [2.05, 4.69) is 3.79 Å². The van der Waals surface area contributed by atoms with Gasteiger partial charge in [0.15, 0.2) is 0 Å². The minimum Gasteiger partial charge on any atom is -0.621 e. The second-order valence-electron chi connectivity index (χ2n) is 0.780. The standard InChI is InChI=1S/C2H5NO2.Al.Zr.2H/c3-1-2(4)5;;;;/h1,3H2,(H,4,5);;;;/q;+1;;;/p-1. The average Bonchev–Trinajstić information content (AvgIpc) is 1.65. The number of hydrogen-bond donors (Lipinski definition) is 1. The SMILES string of the molecule is NCC(=O)[O][AlH2].[Zr]. The summed E-state index contributed by atoms with van der Waals surface area (Å²) in [4.78, 5) is 9.87. The van der Waals surface area contributed by atoms with Crippen molar-refractivity contribution in [2.75, 3.05) is 6.54 Å². The minimum atomic E-state index is -0.318. The number of carbonyl (C=O) groups is 1. The van der Waals surface area contributed by atoms with E-state index in [9.17, 15) is 4.79 Å². The summed E-state index contributed by atoms with van der Waals surface area (Å²) in [7, 11) is 0. The maximum Gasteiger partial charge on any atom is 0.499 e. The van der Waals surface area contributed by atoms with Gasteiger partial charge in [0.2, 0.25) is 0 Å². The van der Waals surface area contributed by atoms with Crippen LogP contribution < -0.4 is 5.73 Å². The second kappa shape index (κ2) is 6.85. The Hall–Kier alpha value is 0.846. The van der Waals surface area contributed by atoms with E-state index in [1.807, 2.05) is 0 Å². The first-order valence-corrected chi connectivity index (χ1v) is 2.39. The Labute approximate surface area is 69.5 Å². The van der Waals surface area contributed by atoms with Crippen LogP contribution in [-0.2, 0) is 34.8 Å². The molecule has 0 radical (unpaired) electrons. The van der Waals surface area contributed by atoms with Crippen LogP contribution in [0.15, 0.2) is 0 Å². The van der Waals surface area contributed by atoms with Crippen molar-refractivity contribution in [3.63, 3.8) is 0 Å². The topological polar surface area (TPSA) is 52.3 Å². The molecule has 0 heterocycles. The largest absolute Gasteiger partial charge is 0.621 e. The number of hydrogen-bond acceptors (Lipinski definition) is 3. The third kappa shape index (κ3) is 6.85. The fourth-order valence-corrected chi connectivity index (χ4v) is 0.250. The van der Waals surface area contributed by atoms with E-state index in [1.54, 1.807) is 0 Å². The molecule has 0 aromatic heterocycles. The molecule has 0 aromatic carbocycles. The first-order valence-electron chi connectivity index (χ1n) is 1.58. The number of carbonyl (C=O) groups excluding carboxylic acids is 1. The Morgan fingerprint density at radius 2 is 2.29 bits per heavy atom. The molecule has 38 valence electrons. The molecule has 0 aliphatic heterocycles. The van der Waals surface area contributed by atoms with Gasteiger partial charge in [0, 0.05) is 26.2 Å². The van der Waals surface area contributed by atoms with E-state index in [1.165, 1.54) is 0 Å². The van der Waals surface area contributed by atoms with Crippen LogP contribution in [0.1, 0.15) is 0 Å². The van der Waals surface area contributed by atoms with Gasteiger partial charge < -0.3 is 9.52 Å². The number of nitrogens with two attached hydrogens (primary N) is 1. The molecule has 0 bridgehead atoms. The van der Waals surface area contributed by atoms with Crippen molar-refractivity contribution >= 4 is 22.6 Å². The van der Waals surface area contributed by atoms with Crippen molar-refractivity contribution in [2.24, 2.45) is 5.73 Å². The van der Waals surface area contributed by atoms with Crippen LogP contribution in [-0.4, -0.2) is 29.1 Å². The molecule has 0 saturated heterocycles. The molecule has 5 heteroatoms. The van der Waals surface area contributed by atoms with Crippen LogP contribution in [0.4, 0.5) is 0 Å². The Bertz CT molecular complexity index is 53.7. The molecule has 0 spiro atoms. The molecule has 0 rings (SSSR count). The molecule has 0 unspecified atom stereocenters. The third-order valence-corrected chi connectivity index (χ3v) is 0.850. The fraction of sp³-hybridized carbons (Fsp3) is 0.500. The van der Waals surface area contributed by atoms with E-state index in [0.717, 1.165) is 0 Å². The second-order valence-corrected chi connectivity index (χ2v) is 1.19. The van der Waals surface area contributed by atoms with Gasteiger partial charge in [0.25, 0.3) is 5.97 Å². The van der Waals surface area contributed by atoms with Gasteiger partial charge >= 0.3 is 16.6 Å². The van der Waals surface area contributed by atoms with Crippen LogP contribution in [0.3, 0.4) is 0 Å². The zero-order valence-electron chi connectivity index (χ0n) is 4.10. The third-order valence-electron chi connectivity index (χ3n) is 0.394. The van der Waals surface area contributed by atoms with Crippen LogP contribution in [0, 0.1) is 0 Å². The van der Waals surface area contributed by atoms with Crippen LogP contribution >= 0.6 is 0 Å². The fourth-order valence-electron chi connectivity index (χ4n) is 0.0833. The van der Waals surface area contributed by atoms with Crippen molar-refractivity contribution in [2.45, 2.75) is 0 Å². The molecule has 0 saturated carbocycles. The zero-order chi connectivity index (χ0) is 4.99. The van der Waals surface area contributed by atoms with Gasteiger partial charge in [-0.1, -0.05) is 0 Å². The minimum absolute atomic E-state index is 0. The normalized spacial score (nSPS) is 6.43. The van der Waals surface area contributed by atoms with Crippen molar-refractivity contribution in [1.82, 2.24) is 0 Å². The predicted octanol–water partition coefficient (Wildman–Crippen LogP) is -1.97. The summed E-state index contributed by atoms with van der Waals surface area (Å²) in [6.45, 7) is 0.00347. The summed E-state index contributed by atoms with van der Waals surface area (Å²) < 4.78 is 4.27. The molecule has 0 atom stereocenters. The van der Waals surface area contributed by atoms with E-state index in [0.29, 0.717) is 16.6 Å². The average molecular weight is 194 g/mol. The molecule has 2 N–H and O–H groups in total. The van der Waals surface area contributed by atoms with Gasteiger partial charge in [-0.3, -0.25) is 4.79 Å². The van der Waals surface area contributed by atoms with Crippen molar-refractivity contribution in [1.29, 1.82) is 0 Å². The van der Waals surface area contributed by atoms with Crippen molar-refractivity contribution in [3.05, 3.63) is 0 Å². The van der Waals surface area contributed by atoms with E-state index >= 15 is 0 Å². The Morgan fingerprint density at radius 3 is 2.29 bits per heavy atom. The quantitative estimate of drug-likeness (QED) is 0.493. The van der Waals surface area contributed by atoms with Crippen molar-refractivity contribution in [3.8, 4) is 0 Å². The van der Waals surface area contributed by atoms with Gasteiger partial charge in [-0.2, -0.15) is 0 Å². The molecule has 7 heavy (non-hydrogen) atoms. The van der Waals surface area contributed by atoms with E-state index < -0.39 is 0 Å². The molecule has 0 aromatic rings. The molecular formula is C2H6AlNO2Zr. The van der Waals surface area contributed by atoms with Crippen molar-refractivity contribution < 1.29 is 34.8 Å². The van der Waals surface area contributed by atoms with Crippen LogP contribution in [0.5, 0.6) is 0 Å². The van der Waals surface area contributed by atoms with E-state index in [-0.39, 0.29) is 38.7 Å². The zero-order valence-corrected chi connectivity index (χ0v) is 8.56. The predicted molar refractivity (Wildman–Crippen MR) is 23.7 cm³/mol. The molecule has 3 nitrogen and oxygen atoms in total. The van der Waals surface area contributed by atoms with E-state index in [4.69, 9.17) is 5.73 Å². The summed E-state index contributed by atoms with van der Waals surface area (Å²) >= 11 is 0.453. The maximum atomic E-state index is 9.87. The summed E-state index contributed by atoms with van der Waals surface area (Å²) in [5.41, 5.74) is 4.83. The van der Waals surface area contributed by atoms with Gasteiger partial charge in [-0.25, -0.2) is 0 Å². The summed E-state index contributed by atoms with van der Waals surface area (Å²) in [5, 5.41) is 0. The van der Waals surface area contributed by atoms with Crippen LogP contribution in [0.2, 0.25) is 0 Å². The van der Waals surface area contributed by atoms with Gasteiger partial charge in [-0.15, -0.1) is 0 Å². The van der Waals surface area contributed by atoms with Crippen LogP contribution in [0.25, 0.3) is 0 Å². The number of rotatable bonds is 1.